The fraction of sp³-hybridized carbons (Fsp3) is 0.160. The van der Waals surface area contributed by atoms with Crippen LogP contribution >= 0.6 is 0 Å². The largest absolute Gasteiger partial charge is 0.495 e. The van der Waals surface area contributed by atoms with Crippen LogP contribution in [0.5, 0.6) is 5.75 Å². The van der Waals surface area contributed by atoms with Gasteiger partial charge in [-0.15, -0.1) is 0 Å². The molecule has 0 unspecified atom stereocenters. The van der Waals surface area contributed by atoms with Gasteiger partial charge in [-0.05, 0) is 29.3 Å². The van der Waals surface area contributed by atoms with Crippen molar-refractivity contribution < 1.29 is 9.53 Å². The number of aromatic nitrogens is 2. The van der Waals surface area contributed by atoms with Gasteiger partial charge in [0.25, 0.3) is 5.91 Å². The summed E-state index contributed by atoms with van der Waals surface area (Å²) in [7, 11) is 1.62. The molecule has 1 amide bonds. The molecule has 0 N–H and O–H groups in total. The zero-order valence-corrected chi connectivity index (χ0v) is 16.7. The first-order valence-electron chi connectivity index (χ1n) is 9.98. The molecule has 0 radical (unpaired) electrons. The maximum absolute atomic E-state index is 13.2. The number of amides is 1. The third-order valence-electron chi connectivity index (χ3n) is 5.57. The van der Waals surface area contributed by atoms with E-state index in [9.17, 15) is 4.79 Å². The number of rotatable bonds is 5. The van der Waals surface area contributed by atoms with Crippen LogP contribution in [-0.4, -0.2) is 34.4 Å². The maximum Gasteiger partial charge on any atom is 0.255 e. The van der Waals surface area contributed by atoms with E-state index in [0.29, 0.717) is 18.8 Å². The van der Waals surface area contributed by atoms with Gasteiger partial charge in [0.15, 0.2) is 0 Å². The monoisotopic (exact) mass is 395 g/mol. The van der Waals surface area contributed by atoms with Crippen molar-refractivity contribution in [2.24, 2.45) is 0 Å². The van der Waals surface area contributed by atoms with E-state index in [0.717, 1.165) is 45.3 Å². The summed E-state index contributed by atoms with van der Waals surface area (Å²) in [5.74, 6) is 0.735. The smallest absolute Gasteiger partial charge is 0.255 e. The van der Waals surface area contributed by atoms with Crippen LogP contribution in [0.25, 0.3) is 22.0 Å². The Morgan fingerprint density at radius 2 is 1.93 bits per heavy atom. The molecule has 5 heteroatoms. The molecular weight excluding hydrogens is 374 g/mol. The number of methoxy groups -OCH3 is 1. The standard InChI is InChI=1S/C25H21N3O2/c1-30-21-13-19(14-26-15-21)22-7-4-6-18-16-28(25(29)24(18)22)12-11-20-10-9-17-5-2-3-8-23(17)27-20/h2-10,13-15H,11-12,16H2,1H3. The van der Waals surface area contributed by atoms with E-state index in [-0.39, 0.29) is 5.91 Å². The molecule has 30 heavy (non-hydrogen) atoms. The molecule has 5 rings (SSSR count). The number of hydrogen-bond donors (Lipinski definition) is 0. The van der Waals surface area contributed by atoms with E-state index >= 15 is 0 Å². The van der Waals surface area contributed by atoms with E-state index in [1.54, 1.807) is 19.5 Å². The normalized spacial score (nSPS) is 13.0. The van der Waals surface area contributed by atoms with E-state index in [4.69, 9.17) is 9.72 Å². The highest BCUT2D eigenvalue weighted by Gasteiger charge is 2.30. The molecule has 2 aromatic carbocycles. The van der Waals surface area contributed by atoms with Crippen LogP contribution in [0, 0.1) is 0 Å². The summed E-state index contributed by atoms with van der Waals surface area (Å²) in [6.07, 6.45) is 4.16. The Morgan fingerprint density at radius 1 is 1.03 bits per heavy atom. The molecule has 0 aliphatic carbocycles. The Balaban J connectivity index is 1.38. The molecule has 0 saturated carbocycles. The Morgan fingerprint density at radius 3 is 2.83 bits per heavy atom. The molecule has 0 saturated heterocycles. The lowest BCUT2D eigenvalue weighted by atomic mass is 9.98. The fourth-order valence-corrected chi connectivity index (χ4v) is 4.02. The second-order valence-corrected chi connectivity index (χ2v) is 7.43. The van der Waals surface area contributed by atoms with E-state index < -0.39 is 0 Å². The van der Waals surface area contributed by atoms with Crippen molar-refractivity contribution in [3.8, 4) is 16.9 Å². The molecule has 3 heterocycles. The van der Waals surface area contributed by atoms with Crippen LogP contribution < -0.4 is 4.74 Å². The highest BCUT2D eigenvalue weighted by molar-refractivity contribution is 6.04. The minimum atomic E-state index is 0.0595. The van der Waals surface area contributed by atoms with Crippen LogP contribution in [0.1, 0.15) is 21.6 Å². The second kappa shape index (κ2) is 7.59. The molecular formula is C25H21N3O2. The first-order chi connectivity index (χ1) is 14.7. The maximum atomic E-state index is 13.2. The fourth-order valence-electron chi connectivity index (χ4n) is 4.02. The molecule has 0 fully saturated rings. The van der Waals surface area contributed by atoms with Crippen molar-refractivity contribution in [1.82, 2.24) is 14.9 Å². The third-order valence-corrected chi connectivity index (χ3v) is 5.57. The number of ether oxygens (including phenoxy) is 1. The van der Waals surface area contributed by atoms with E-state index in [1.165, 1.54) is 0 Å². The quantitative estimate of drug-likeness (QED) is 0.499. The molecule has 5 nitrogen and oxygen atoms in total. The lowest BCUT2D eigenvalue weighted by Gasteiger charge is -2.15. The van der Waals surface area contributed by atoms with Crippen molar-refractivity contribution in [2.45, 2.75) is 13.0 Å². The van der Waals surface area contributed by atoms with Gasteiger partial charge in [0.05, 0.1) is 24.4 Å². The van der Waals surface area contributed by atoms with Gasteiger partial charge in [-0.1, -0.05) is 42.5 Å². The molecule has 1 aliphatic rings. The summed E-state index contributed by atoms with van der Waals surface area (Å²) < 4.78 is 5.30. The predicted octanol–water partition coefficient (Wildman–Crippen LogP) is 4.50. The SMILES string of the molecule is COc1cncc(-c2cccc3c2C(=O)N(CCc2ccc4ccccc4n2)C3)c1. The average Bonchev–Trinajstić information content (AvgIpc) is 3.13. The number of pyridine rings is 2. The summed E-state index contributed by atoms with van der Waals surface area (Å²) in [5.41, 5.74) is 5.58. The van der Waals surface area contributed by atoms with Gasteiger partial charge in [-0.2, -0.15) is 0 Å². The first kappa shape index (κ1) is 18.3. The predicted molar refractivity (Wildman–Crippen MR) is 116 cm³/mol. The van der Waals surface area contributed by atoms with Crippen LogP contribution in [0.2, 0.25) is 0 Å². The Hall–Kier alpha value is -3.73. The summed E-state index contributed by atoms with van der Waals surface area (Å²) in [5, 5.41) is 1.13. The van der Waals surface area contributed by atoms with Gasteiger partial charge in [-0.3, -0.25) is 14.8 Å². The topological polar surface area (TPSA) is 55.3 Å². The van der Waals surface area contributed by atoms with Crippen molar-refractivity contribution in [1.29, 1.82) is 0 Å². The Bertz CT molecular complexity index is 1250. The van der Waals surface area contributed by atoms with Crippen LogP contribution in [-0.2, 0) is 13.0 Å². The summed E-state index contributed by atoms with van der Waals surface area (Å²) in [6.45, 7) is 1.25. The number of para-hydroxylation sites is 1. The zero-order valence-electron chi connectivity index (χ0n) is 16.7. The summed E-state index contributed by atoms with van der Waals surface area (Å²) in [6, 6.07) is 20.1. The highest BCUT2D eigenvalue weighted by atomic mass is 16.5. The first-order valence-corrected chi connectivity index (χ1v) is 9.98. The number of fused-ring (bicyclic) bond motifs is 2. The minimum absolute atomic E-state index is 0.0595. The molecule has 1 aliphatic heterocycles. The van der Waals surface area contributed by atoms with Crippen LogP contribution in [0.3, 0.4) is 0 Å². The lowest BCUT2D eigenvalue weighted by molar-refractivity contribution is 0.0780. The van der Waals surface area contributed by atoms with Crippen LogP contribution in [0.4, 0.5) is 0 Å². The average molecular weight is 395 g/mol. The molecule has 0 bridgehead atoms. The number of hydrogen-bond acceptors (Lipinski definition) is 4. The van der Waals surface area contributed by atoms with Gasteiger partial charge in [0.1, 0.15) is 5.75 Å². The Labute approximate surface area is 175 Å². The number of carbonyl (C=O) groups is 1. The third kappa shape index (κ3) is 3.28. The lowest BCUT2D eigenvalue weighted by Crippen LogP contribution is -2.26. The van der Waals surface area contributed by atoms with Gasteiger partial charge in [-0.25, -0.2) is 0 Å². The minimum Gasteiger partial charge on any atom is -0.495 e. The molecule has 4 aromatic rings. The van der Waals surface area contributed by atoms with E-state index in [1.807, 2.05) is 53.4 Å². The van der Waals surface area contributed by atoms with Gasteiger partial charge in [0.2, 0.25) is 0 Å². The molecule has 0 atom stereocenters. The highest BCUT2D eigenvalue weighted by Crippen LogP contribution is 2.33. The summed E-state index contributed by atoms with van der Waals surface area (Å²) in [4.78, 5) is 24.1. The second-order valence-electron chi connectivity index (χ2n) is 7.43. The molecule has 0 spiro atoms. The van der Waals surface area contributed by atoms with Crippen molar-refractivity contribution in [2.75, 3.05) is 13.7 Å². The van der Waals surface area contributed by atoms with Crippen molar-refractivity contribution in [3.63, 3.8) is 0 Å². The number of carbonyl (C=O) groups excluding carboxylic acids is 1. The van der Waals surface area contributed by atoms with Gasteiger partial charge in [0, 0.05) is 42.4 Å². The number of nitrogens with zero attached hydrogens (tertiary/aromatic N) is 3. The van der Waals surface area contributed by atoms with Gasteiger partial charge >= 0.3 is 0 Å². The zero-order chi connectivity index (χ0) is 20.5. The van der Waals surface area contributed by atoms with Gasteiger partial charge < -0.3 is 9.64 Å². The van der Waals surface area contributed by atoms with Crippen molar-refractivity contribution in [3.05, 3.63) is 89.9 Å². The number of benzene rings is 2. The summed E-state index contributed by atoms with van der Waals surface area (Å²) >= 11 is 0. The molecule has 2 aromatic heterocycles. The van der Waals surface area contributed by atoms with E-state index in [2.05, 4.69) is 17.1 Å². The Kier molecular flexibility index (Phi) is 4.64. The molecule has 148 valence electrons. The van der Waals surface area contributed by atoms with Crippen LogP contribution in [0.15, 0.2) is 73.1 Å². The van der Waals surface area contributed by atoms with Crippen molar-refractivity contribution >= 4 is 16.8 Å².